The van der Waals surface area contributed by atoms with Gasteiger partial charge in [-0.2, -0.15) is 0 Å². The summed E-state index contributed by atoms with van der Waals surface area (Å²) in [6, 6.07) is 13.0. The van der Waals surface area contributed by atoms with E-state index in [0.29, 0.717) is 35.5 Å². The van der Waals surface area contributed by atoms with E-state index in [9.17, 15) is 4.79 Å². The smallest absolute Gasteiger partial charge is 0.262 e. The zero-order valence-corrected chi connectivity index (χ0v) is 21.8. The Kier molecular flexibility index (Phi) is 7.37. The standard InChI is InChI=1S/C30H35FN2O5/c1-35-14-12-32-21-4-5-22(32)17-26(16-21)38-29-9-6-23(18-28(29)31)33-11-10-20-15-24(7-8-27(20)30(33)34)37-19-25-3-2-13-36-25/h6-11,15,18,21-22,25-26H,2-5,12-14,16-17,19H2,1H3/t21-,22+,25-,26?/m1/s1. The van der Waals surface area contributed by atoms with Crippen LogP contribution in [-0.2, 0) is 9.47 Å². The molecule has 1 aromatic heterocycles. The van der Waals surface area contributed by atoms with E-state index < -0.39 is 5.82 Å². The van der Waals surface area contributed by atoms with Gasteiger partial charge in [0, 0.05) is 50.0 Å². The Morgan fingerprint density at radius 2 is 1.89 bits per heavy atom. The van der Waals surface area contributed by atoms with Crippen LogP contribution in [0.5, 0.6) is 11.5 Å². The Morgan fingerprint density at radius 1 is 1.05 bits per heavy atom. The molecule has 0 amide bonds. The molecule has 2 aromatic carbocycles. The molecular formula is C30H35FN2O5. The molecule has 3 saturated heterocycles. The van der Waals surface area contributed by atoms with Crippen LogP contribution in [0, 0.1) is 5.82 Å². The second kappa shape index (κ2) is 11.0. The first kappa shape index (κ1) is 25.3. The number of hydrogen-bond acceptors (Lipinski definition) is 6. The van der Waals surface area contributed by atoms with Crippen molar-refractivity contribution in [2.24, 2.45) is 0 Å². The summed E-state index contributed by atoms with van der Waals surface area (Å²) >= 11 is 0. The molecule has 1 unspecified atom stereocenters. The summed E-state index contributed by atoms with van der Waals surface area (Å²) in [6.45, 7) is 2.96. The monoisotopic (exact) mass is 522 g/mol. The van der Waals surface area contributed by atoms with Crippen LogP contribution in [0.15, 0.2) is 53.5 Å². The van der Waals surface area contributed by atoms with Gasteiger partial charge in [0.2, 0.25) is 0 Å². The maximum absolute atomic E-state index is 15.2. The third-order valence-electron chi connectivity index (χ3n) is 8.22. The van der Waals surface area contributed by atoms with E-state index in [0.717, 1.165) is 63.7 Å². The van der Waals surface area contributed by atoms with Crippen LogP contribution in [0.4, 0.5) is 4.39 Å². The van der Waals surface area contributed by atoms with Gasteiger partial charge in [0.05, 0.1) is 18.4 Å². The van der Waals surface area contributed by atoms with Crippen LogP contribution in [0.3, 0.4) is 0 Å². The van der Waals surface area contributed by atoms with Gasteiger partial charge in [0.15, 0.2) is 11.6 Å². The number of ether oxygens (including phenoxy) is 4. The highest BCUT2D eigenvalue weighted by molar-refractivity contribution is 5.83. The van der Waals surface area contributed by atoms with Gasteiger partial charge in [-0.3, -0.25) is 14.3 Å². The maximum Gasteiger partial charge on any atom is 0.262 e. The third-order valence-corrected chi connectivity index (χ3v) is 8.22. The van der Waals surface area contributed by atoms with Crippen LogP contribution >= 0.6 is 0 Å². The molecule has 3 aromatic rings. The minimum atomic E-state index is -0.457. The lowest BCUT2D eigenvalue weighted by molar-refractivity contribution is 0.0316. The average molecular weight is 523 g/mol. The topological polar surface area (TPSA) is 62.2 Å². The Labute approximate surface area is 222 Å². The molecule has 0 aliphatic carbocycles. The van der Waals surface area contributed by atoms with Gasteiger partial charge >= 0.3 is 0 Å². The molecule has 4 atom stereocenters. The molecule has 7 nitrogen and oxygen atoms in total. The van der Waals surface area contributed by atoms with Crippen molar-refractivity contribution in [2.75, 3.05) is 33.5 Å². The van der Waals surface area contributed by atoms with E-state index in [1.165, 1.54) is 10.6 Å². The quantitative estimate of drug-likeness (QED) is 0.406. The average Bonchev–Trinajstić information content (AvgIpc) is 3.53. The van der Waals surface area contributed by atoms with Crippen molar-refractivity contribution in [2.45, 2.75) is 62.8 Å². The molecule has 6 rings (SSSR count). The summed E-state index contributed by atoms with van der Waals surface area (Å²) in [5, 5.41) is 1.33. The first-order valence-corrected chi connectivity index (χ1v) is 13.7. The molecule has 0 N–H and O–H groups in total. The summed E-state index contributed by atoms with van der Waals surface area (Å²) in [6.07, 6.45) is 7.97. The fraction of sp³-hybridized carbons (Fsp3) is 0.500. The Hall–Kier alpha value is -2.94. The number of nitrogens with zero attached hydrogens (tertiary/aromatic N) is 2. The number of fused-ring (bicyclic) bond motifs is 3. The minimum Gasteiger partial charge on any atom is -0.491 e. The summed E-state index contributed by atoms with van der Waals surface area (Å²) in [7, 11) is 1.73. The van der Waals surface area contributed by atoms with Gasteiger partial charge in [-0.15, -0.1) is 0 Å². The second-order valence-electron chi connectivity index (χ2n) is 10.6. The van der Waals surface area contributed by atoms with Crippen LogP contribution in [0.25, 0.3) is 16.5 Å². The Balaban J connectivity index is 1.14. The molecule has 0 saturated carbocycles. The molecule has 0 spiro atoms. The molecule has 3 fully saturated rings. The highest BCUT2D eigenvalue weighted by Gasteiger charge is 2.41. The van der Waals surface area contributed by atoms with Crippen LogP contribution in [-0.4, -0.2) is 67.2 Å². The molecule has 0 radical (unpaired) electrons. The van der Waals surface area contributed by atoms with Crippen LogP contribution < -0.4 is 15.0 Å². The summed E-state index contributed by atoms with van der Waals surface area (Å²) in [5.74, 6) is 0.488. The summed E-state index contributed by atoms with van der Waals surface area (Å²) < 4.78 is 39.5. The SMILES string of the molecule is COCCN1[C@@H]2CC[C@H]1CC(Oc1ccc(-n3ccc4cc(OC[C@H]5CCCO5)ccc4c3=O)cc1F)C2. The van der Waals surface area contributed by atoms with Crippen molar-refractivity contribution < 1.29 is 23.3 Å². The van der Waals surface area contributed by atoms with E-state index in [-0.39, 0.29) is 23.5 Å². The van der Waals surface area contributed by atoms with E-state index >= 15 is 4.39 Å². The zero-order valence-electron chi connectivity index (χ0n) is 21.8. The molecule has 3 aliphatic rings. The fourth-order valence-electron chi connectivity index (χ4n) is 6.28. The fourth-order valence-corrected chi connectivity index (χ4v) is 6.28. The van der Waals surface area contributed by atoms with E-state index in [4.69, 9.17) is 18.9 Å². The molecular weight excluding hydrogens is 487 g/mol. The van der Waals surface area contributed by atoms with Gasteiger partial charge in [0.25, 0.3) is 5.56 Å². The number of rotatable bonds is 9. The van der Waals surface area contributed by atoms with E-state index in [1.54, 1.807) is 37.6 Å². The maximum atomic E-state index is 15.2. The zero-order chi connectivity index (χ0) is 26.1. The van der Waals surface area contributed by atoms with Crippen molar-refractivity contribution in [3.05, 3.63) is 64.8 Å². The highest BCUT2D eigenvalue weighted by Crippen LogP contribution is 2.37. The second-order valence-corrected chi connectivity index (χ2v) is 10.6. The van der Waals surface area contributed by atoms with Gasteiger partial charge < -0.3 is 18.9 Å². The lowest BCUT2D eigenvalue weighted by atomic mass is 9.99. The van der Waals surface area contributed by atoms with Gasteiger partial charge in [-0.25, -0.2) is 4.39 Å². The first-order valence-electron chi connectivity index (χ1n) is 13.7. The van der Waals surface area contributed by atoms with Crippen molar-refractivity contribution in [1.82, 2.24) is 9.47 Å². The summed E-state index contributed by atoms with van der Waals surface area (Å²) in [4.78, 5) is 15.8. The normalized spacial score (nSPS) is 25.2. The first-order chi connectivity index (χ1) is 18.6. The van der Waals surface area contributed by atoms with Gasteiger partial charge in [-0.1, -0.05) is 0 Å². The molecule has 3 aliphatic heterocycles. The van der Waals surface area contributed by atoms with Crippen molar-refractivity contribution in [3.63, 3.8) is 0 Å². The number of piperidine rings is 1. The number of benzene rings is 2. The number of halogens is 1. The van der Waals surface area contributed by atoms with Gasteiger partial charge in [0.1, 0.15) is 18.5 Å². The molecule has 4 heterocycles. The van der Waals surface area contributed by atoms with Crippen LogP contribution in [0.2, 0.25) is 0 Å². The lowest BCUT2D eigenvalue weighted by Crippen LogP contribution is -2.47. The van der Waals surface area contributed by atoms with Crippen LogP contribution in [0.1, 0.15) is 38.5 Å². The predicted molar refractivity (Wildman–Crippen MR) is 143 cm³/mol. The third kappa shape index (κ3) is 5.17. The predicted octanol–water partition coefficient (Wildman–Crippen LogP) is 4.71. The highest BCUT2D eigenvalue weighted by atomic mass is 19.1. The summed E-state index contributed by atoms with van der Waals surface area (Å²) in [5.41, 5.74) is 0.260. The number of pyridine rings is 1. The van der Waals surface area contributed by atoms with Crippen molar-refractivity contribution in [3.8, 4) is 17.2 Å². The molecule has 2 bridgehead atoms. The van der Waals surface area contributed by atoms with Crippen molar-refractivity contribution >= 4 is 10.8 Å². The lowest BCUT2D eigenvalue weighted by Gasteiger charge is -2.38. The Bertz CT molecular complexity index is 1320. The molecule has 8 heteroatoms. The molecule has 38 heavy (non-hydrogen) atoms. The van der Waals surface area contributed by atoms with E-state index in [1.807, 2.05) is 12.1 Å². The van der Waals surface area contributed by atoms with Gasteiger partial charge in [-0.05, 0) is 80.3 Å². The number of hydrogen-bond donors (Lipinski definition) is 0. The number of aromatic nitrogens is 1. The Morgan fingerprint density at radius 3 is 2.63 bits per heavy atom. The van der Waals surface area contributed by atoms with Crippen molar-refractivity contribution in [1.29, 1.82) is 0 Å². The minimum absolute atomic E-state index is 0.00770. The number of methoxy groups -OCH3 is 1. The molecule has 202 valence electrons. The largest absolute Gasteiger partial charge is 0.491 e. The van der Waals surface area contributed by atoms with E-state index in [2.05, 4.69) is 4.90 Å².